The fourth-order valence-corrected chi connectivity index (χ4v) is 3.47. The number of fused-ring (bicyclic) bond motifs is 1. The average molecular weight is 460 g/mol. The molecular weight excluding hydrogens is 440 g/mol. The fourth-order valence-electron chi connectivity index (χ4n) is 3.47. The number of phenolic OH excluding ortho intramolecular Hbond substituents is 2. The number of rotatable bonds is 4. The summed E-state index contributed by atoms with van der Waals surface area (Å²) < 4.78 is 21.0. The van der Waals surface area contributed by atoms with Crippen molar-refractivity contribution < 1.29 is 49.0 Å². The van der Waals surface area contributed by atoms with Crippen LogP contribution in [0.25, 0.3) is 22.3 Å². The Morgan fingerprint density at radius 3 is 2.33 bits per heavy atom. The minimum atomic E-state index is -1.79. The van der Waals surface area contributed by atoms with Crippen LogP contribution < -0.4 is 10.2 Å². The van der Waals surface area contributed by atoms with Gasteiger partial charge in [0.1, 0.15) is 52.3 Å². The molecule has 1 aliphatic rings. The van der Waals surface area contributed by atoms with E-state index in [0.29, 0.717) is 5.56 Å². The summed E-state index contributed by atoms with van der Waals surface area (Å²) in [6.45, 7) is 0. The van der Waals surface area contributed by atoms with E-state index in [0.717, 1.165) is 13.2 Å². The van der Waals surface area contributed by atoms with Gasteiger partial charge in [0.25, 0.3) is 0 Å². The molecule has 33 heavy (non-hydrogen) atoms. The number of ether oxygens (including phenoxy) is 3. The van der Waals surface area contributed by atoms with Crippen molar-refractivity contribution in [2.75, 3.05) is 7.11 Å². The van der Waals surface area contributed by atoms with E-state index in [1.54, 1.807) is 0 Å². The van der Waals surface area contributed by atoms with Gasteiger partial charge in [-0.05, 0) is 24.3 Å². The van der Waals surface area contributed by atoms with Crippen molar-refractivity contribution in [1.29, 1.82) is 0 Å². The van der Waals surface area contributed by atoms with E-state index >= 15 is 0 Å². The van der Waals surface area contributed by atoms with Crippen LogP contribution in [0.4, 0.5) is 0 Å². The number of esters is 1. The maximum absolute atomic E-state index is 12.6. The van der Waals surface area contributed by atoms with Crippen molar-refractivity contribution in [3.05, 3.63) is 52.7 Å². The zero-order chi connectivity index (χ0) is 23.9. The molecule has 0 unspecified atom stereocenters. The number of benzene rings is 2. The van der Waals surface area contributed by atoms with E-state index in [2.05, 4.69) is 4.74 Å². The quantitative estimate of drug-likeness (QED) is 0.337. The highest BCUT2D eigenvalue weighted by molar-refractivity contribution is 5.86. The number of aliphatic hydroxyl groups is 3. The van der Waals surface area contributed by atoms with Crippen molar-refractivity contribution in [1.82, 2.24) is 0 Å². The van der Waals surface area contributed by atoms with Crippen LogP contribution in [0.5, 0.6) is 17.2 Å². The highest BCUT2D eigenvalue weighted by Crippen LogP contribution is 2.33. The fraction of sp³-hybridized carbons (Fsp3) is 0.273. The summed E-state index contributed by atoms with van der Waals surface area (Å²) in [6.07, 6.45) is -8.57. The van der Waals surface area contributed by atoms with Gasteiger partial charge in [-0.1, -0.05) is 0 Å². The third kappa shape index (κ3) is 4.22. The van der Waals surface area contributed by atoms with Gasteiger partial charge in [0.05, 0.1) is 7.11 Å². The van der Waals surface area contributed by atoms with E-state index in [1.807, 2.05) is 0 Å². The van der Waals surface area contributed by atoms with E-state index in [4.69, 9.17) is 13.9 Å². The molecule has 5 N–H and O–H groups in total. The molecule has 11 heteroatoms. The van der Waals surface area contributed by atoms with Crippen LogP contribution in [-0.2, 0) is 14.3 Å². The van der Waals surface area contributed by atoms with Gasteiger partial charge in [0.2, 0.25) is 6.29 Å². The summed E-state index contributed by atoms with van der Waals surface area (Å²) in [6, 6.07) is 9.39. The molecule has 1 saturated heterocycles. The van der Waals surface area contributed by atoms with Crippen molar-refractivity contribution in [2.24, 2.45) is 0 Å². The van der Waals surface area contributed by atoms with E-state index < -0.39 is 47.9 Å². The summed E-state index contributed by atoms with van der Waals surface area (Å²) >= 11 is 0. The topological polar surface area (TPSA) is 176 Å². The molecule has 1 fully saturated rings. The third-order valence-corrected chi connectivity index (χ3v) is 5.19. The molecule has 1 aromatic heterocycles. The van der Waals surface area contributed by atoms with Crippen molar-refractivity contribution >= 4 is 16.9 Å². The molecule has 174 valence electrons. The first-order valence-corrected chi connectivity index (χ1v) is 9.74. The number of hydrogen-bond donors (Lipinski definition) is 5. The van der Waals surface area contributed by atoms with Gasteiger partial charge < -0.3 is 44.2 Å². The van der Waals surface area contributed by atoms with Gasteiger partial charge in [-0.2, -0.15) is 0 Å². The van der Waals surface area contributed by atoms with Crippen molar-refractivity contribution in [3.8, 4) is 28.6 Å². The van der Waals surface area contributed by atoms with Crippen LogP contribution in [0, 0.1) is 0 Å². The number of carbonyl (C=O) groups is 1. The molecular formula is C22H20O11. The molecule has 0 amide bonds. The summed E-state index contributed by atoms with van der Waals surface area (Å²) in [7, 11) is 1.06. The molecule has 2 aromatic carbocycles. The highest BCUT2D eigenvalue weighted by atomic mass is 16.7. The lowest BCUT2D eigenvalue weighted by molar-refractivity contribution is -0.271. The SMILES string of the molecule is COC(=O)[C@@H]1O[C@@H](Oc2cc(O)c3c(=O)cc(-c4ccc(O)cc4)oc3c2)[C@@H](O)[C@@H](O)[C@H]1O. The number of methoxy groups -OCH3 is 1. The van der Waals surface area contributed by atoms with Crippen LogP contribution >= 0.6 is 0 Å². The Kier molecular flexibility index (Phi) is 5.95. The monoisotopic (exact) mass is 460 g/mol. The molecule has 11 nitrogen and oxygen atoms in total. The van der Waals surface area contributed by atoms with E-state index in [1.165, 1.54) is 36.4 Å². The molecule has 0 bridgehead atoms. The Hall–Kier alpha value is -3.64. The molecule has 0 radical (unpaired) electrons. The minimum Gasteiger partial charge on any atom is -0.508 e. The minimum absolute atomic E-state index is 0.0267. The highest BCUT2D eigenvalue weighted by Gasteiger charge is 2.48. The Balaban J connectivity index is 1.70. The van der Waals surface area contributed by atoms with Crippen LogP contribution in [0.2, 0.25) is 0 Å². The summed E-state index contributed by atoms with van der Waals surface area (Å²) in [5.74, 6) is -1.42. The molecule has 0 aliphatic carbocycles. The summed E-state index contributed by atoms with van der Waals surface area (Å²) in [5, 5.41) is 49.9. The first-order valence-electron chi connectivity index (χ1n) is 9.74. The Labute approximate surface area is 185 Å². The maximum Gasteiger partial charge on any atom is 0.337 e. The molecule has 3 aromatic rings. The van der Waals surface area contributed by atoms with Gasteiger partial charge in [0, 0.05) is 23.8 Å². The first-order chi connectivity index (χ1) is 15.7. The molecule has 2 heterocycles. The number of aromatic hydroxyl groups is 2. The predicted molar refractivity (Wildman–Crippen MR) is 111 cm³/mol. The van der Waals surface area contributed by atoms with Crippen molar-refractivity contribution in [3.63, 3.8) is 0 Å². The summed E-state index contributed by atoms with van der Waals surface area (Å²) in [5.41, 5.74) is -0.112. The number of hydrogen-bond acceptors (Lipinski definition) is 11. The van der Waals surface area contributed by atoms with E-state index in [-0.39, 0.29) is 28.2 Å². The molecule has 0 saturated carbocycles. The number of carbonyl (C=O) groups excluding carboxylic acids is 1. The zero-order valence-electron chi connectivity index (χ0n) is 17.1. The molecule has 0 spiro atoms. The lowest BCUT2D eigenvalue weighted by Gasteiger charge is -2.38. The second-order valence-corrected chi connectivity index (χ2v) is 7.38. The van der Waals surface area contributed by atoms with Gasteiger partial charge in [-0.25, -0.2) is 4.79 Å². The second kappa shape index (κ2) is 8.71. The van der Waals surface area contributed by atoms with Crippen LogP contribution in [0.15, 0.2) is 51.7 Å². The Morgan fingerprint density at radius 1 is 0.970 bits per heavy atom. The lowest BCUT2D eigenvalue weighted by Crippen LogP contribution is -2.61. The lowest BCUT2D eigenvalue weighted by atomic mass is 9.99. The molecule has 4 rings (SSSR count). The van der Waals surface area contributed by atoms with Gasteiger partial charge in [0.15, 0.2) is 11.5 Å². The van der Waals surface area contributed by atoms with Crippen LogP contribution in [0.3, 0.4) is 0 Å². The Bertz CT molecular complexity index is 1230. The van der Waals surface area contributed by atoms with Crippen LogP contribution in [-0.4, -0.2) is 69.3 Å². The number of aliphatic hydroxyl groups excluding tert-OH is 3. The number of phenols is 2. The molecule has 1 aliphatic heterocycles. The zero-order valence-corrected chi connectivity index (χ0v) is 17.1. The van der Waals surface area contributed by atoms with E-state index in [9.17, 15) is 35.1 Å². The van der Waals surface area contributed by atoms with Gasteiger partial charge in [-0.3, -0.25) is 4.79 Å². The van der Waals surface area contributed by atoms with Gasteiger partial charge in [-0.15, -0.1) is 0 Å². The average Bonchev–Trinajstić information content (AvgIpc) is 2.78. The van der Waals surface area contributed by atoms with Gasteiger partial charge >= 0.3 is 5.97 Å². The normalized spacial score (nSPS) is 25.0. The Morgan fingerprint density at radius 2 is 1.67 bits per heavy atom. The van der Waals surface area contributed by atoms with Crippen LogP contribution in [0.1, 0.15) is 0 Å². The van der Waals surface area contributed by atoms with Crippen molar-refractivity contribution in [2.45, 2.75) is 30.7 Å². The largest absolute Gasteiger partial charge is 0.508 e. The smallest absolute Gasteiger partial charge is 0.337 e. The predicted octanol–water partition coefficient (Wildman–Crippen LogP) is 0.231. The first kappa shape index (κ1) is 22.6. The summed E-state index contributed by atoms with van der Waals surface area (Å²) in [4.78, 5) is 24.4. The maximum atomic E-state index is 12.6. The standard InChI is InChI=1S/C22H20O11/c1-30-21(29)20-18(27)17(26)19(28)22(33-20)31-11-6-12(24)16-13(25)8-14(32-15(16)7-11)9-2-4-10(23)5-3-9/h2-8,17-20,22-24,26-28H,1H3/t17-,18+,19-,20+,22+/m0/s1. The second-order valence-electron chi connectivity index (χ2n) is 7.38. The molecule has 5 atom stereocenters. The third-order valence-electron chi connectivity index (χ3n) is 5.19.